The Morgan fingerprint density at radius 3 is 2.58 bits per heavy atom. The first-order chi connectivity index (χ1) is 18.1. The molecule has 0 amide bonds. The minimum Gasteiger partial charge on any atom is -0.306 e. The Morgan fingerprint density at radius 1 is 1.08 bits per heavy atom. The molecule has 0 aliphatic heterocycles. The molecule has 0 aliphatic carbocycles. The molecule has 192 valence electrons. The van der Waals surface area contributed by atoms with Gasteiger partial charge in [-0.15, -0.1) is 11.3 Å². The first-order valence-corrected chi connectivity index (χ1v) is 12.3. The van der Waals surface area contributed by atoms with E-state index in [1.54, 1.807) is 12.3 Å². The van der Waals surface area contributed by atoms with Crippen molar-refractivity contribution in [2.45, 2.75) is 6.18 Å². The average molecular weight is 556 g/mol. The van der Waals surface area contributed by atoms with Crippen LogP contribution in [0, 0.1) is 0 Å². The van der Waals surface area contributed by atoms with Crippen LogP contribution in [0.15, 0.2) is 81.6 Å². The minimum absolute atomic E-state index is 0.153. The second-order valence-corrected chi connectivity index (χ2v) is 9.63. The summed E-state index contributed by atoms with van der Waals surface area (Å²) >= 11 is 7.48. The number of aliphatic imine (C=N–C) groups is 1. The normalized spacial score (nSPS) is 12.3. The number of nitrogens with zero attached hydrogens (tertiary/aromatic N) is 4. The molecule has 3 aromatic heterocycles. The zero-order valence-corrected chi connectivity index (χ0v) is 21.1. The van der Waals surface area contributed by atoms with Gasteiger partial charge in [-0.2, -0.15) is 18.3 Å². The Bertz CT molecular complexity index is 1830. The van der Waals surface area contributed by atoms with Crippen LogP contribution in [0.1, 0.15) is 11.3 Å². The average Bonchev–Trinajstić information content (AvgIpc) is 3.47. The maximum Gasteiger partial charge on any atom is 0.435 e. The van der Waals surface area contributed by atoms with Crippen LogP contribution in [-0.2, 0) is 13.2 Å². The summed E-state index contributed by atoms with van der Waals surface area (Å²) in [4.78, 5) is 32.9. The van der Waals surface area contributed by atoms with Gasteiger partial charge in [0.05, 0.1) is 5.52 Å². The van der Waals surface area contributed by atoms with Gasteiger partial charge in [0.1, 0.15) is 4.70 Å². The quantitative estimate of drug-likeness (QED) is 0.268. The van der Waals surface area contributed by atoms with Gasteiger partial charge in [-0.1, -0.05) is 54.1 Å². The van der Waals surface area contributed by atoms with E-state index < -0.39 is 23.1 Å². The summed E-state index contributed by atoms with van der Waals surface area (Å²) in [6, 6.07) is 15.4. The molecule has 5 rings (SSSR count). The highest BCUT2D eigenvalue weighted by molar-refractivity contribution is 7.22. The number of H-pyrrole nitrogens is 1. The van der Waals surface area contributed by atoms with E-state index in [1.165, 1.54) is 43.8 Å². The molecule has 38 heavy (non-hydrogen) atoms. The number of aromatic amines is 1. The number of thiophene rings is 1. The summed E-state index contributed by atoms with van der Waals surface area (Å²) in [6.07, 6.45) is 0.707. The third-order valence-corrected chi connectivity index (χ3v) is 7.03. The lowest BCUT2D eigenvalue weighted by Crippen LogP contribution is -2.30. The summed E-state index contributed by atoms with van der Waals surface area (Å²) in [7, 11) is 1.40. The number of aryl methyl sites for hydroxylation is 1. The van der Waals surface area contributed by atoms with Gasteiger partial charge in [-0.05, 0) is 23.3 Å². The number of hydrogen-bond donors (Lipinski definition) is 1. The second kappa shape index (κ2) is 9.92. The molecular formula is C26H17ClF3N5O2S. The molecule has 3 heterocycles. The van der Waals surface area contributed by atoms with Crippen molar-refractivity contribution in [3.05, 3.63) is 104 Å². The number of benzene rings is 2. The zero-order valence-electron chi connectivity index (χ0n) is 19.5. The molecule has 0 aliphatic rings. The van der Waals surface area contributed by atoms with Crippen molar-refractivity contribution in [1.82, 2.24) is 19.3 Å². The summed E-state index contributed by atoms with van der Waals surface area (Å²) < 4.78 is 43.3. The third-order valence-electron chi connectivity index (χ3n) is 5.58. The maximum absolute atomic E-state index is 13.7. The molecule has 5 aromatic rings. The molecule has 0 radical (unpaired) electrons. The van der Waals surface area contributed by atoms with Crippen LogP contribution in [0.3, 0.4) is 0 Å². The SMILES string of the molecule is Cn1cc(-c2cccc(Cl)c2-c2cc3[nH]c(=O)n(/C=C/N=Cc4ccccc4)c(=O)c3s2)c(C(F)(F)F)n1. The summed E-state index contributed by atoms with van der Waals surface area (Å²) in [5.41, 5.74) is -0.922. The maximum atomic E-state index is 13.7. The van der Waals surface area contributed by atoms with Gasteiger partial charge in [0.2, 0.25) is 0 Å². The first kappa shape index (κ1) is 25.4. The van der Waals surface area contributed by atoms with Crippen molar-refractivity contribution in [2.24, 2.45) is 12.0 Å². The number of halogens is 4. The van der Waals surface area contributed by atoms with Gasteiger partial charge in [0, 0.05) is 52.9 Å². The van der Waals surface area contributed by atoms with E-state index in [9.17, 15) is 22.8 Å². The number of hydrogen-bond acceptors (Lipinski definition) is 5. The Labute approximate surface area is 221 Å². The van der Waals surface area contributed by atoms with E-state index in [4.69, 9.17) is 11.6 Å². The Hall–Kier alpha value is -4.22. The zero-order chi connectivity index (χ0) is 27.0. The fourth-order valence-corrected chi connectivity index (χ4v) is 5.40. The van der Waals surface area contributed by atoms with Crippen molar-refractivity contribution in [1.29, 1.82) is 0 Å². The fourth-order valence-electron chi connectivity index (χ4n) is 3.95. The lowest BCUT2D eigenvalue weighted by Gasteiger charge is -2.11. The lowest BCUT2D eigenvalue weighted by atomic mass is 9.98. The van der Waals surface area contributed by atoms with Crippen molar-refractivity contribution in [2.75, 3.05) is 0 Å². The molecule has 2 aromatic carbocycles. The largest absolute Gasteiger partial charge is 0.435 e. The highest BCUT2D eigenvalue weighted by Crippen LogP contribution is 2.44. The predicted molar refractivity (Wildman–Crippen MR) is 144 cm³/mol. The Balaban J connectivity index is 1.60. The fraction of sp³-hybridized carbons (Fsp3) is 0.0769. The van der Waals surface area contributed by atoms with Crippen molar-refractivity contribution in [3.8, 4) is 21.6 Å². The van der Waals surface area contributed by atoms with Gasteiger partial charge < -0.3 is 4.98 Å². The molecule has 0 bridgehead atoms. The molecule has 0 atom stereocenters. The summed E-state index contributed by atoms with van der Waals surface area (Å²) in [5.74, 6) is 0. The van der Waals surface area contributed by atoms with E-state index in [0.29, 0.717) is 10.4 Å². The van der Waals surface area contributed by atoms with Crippen molar-refractivity contribution < 1.29 is 13.2 Å². The topological polar surface area (TPSA) is 85.0 Å². The standard InChI is InChI=1S/C26H17ClF3N5O2S/c1-34-14-17(23(33-34)26(28,29)30)16-8-5-9-18(27)21(16)20-12-19-22(38-20)24(36)35(25(37)32-19)11-10-31-13-15-6-3-2-4-7-15/h2-14H,1H3,(H,32,37)/b11-10+,31-13?. The highest BCUT2D eigenvalue weighted by atomic mass is 35.5. The monoisotopic (exact) mass is 555 g/mol. The van der Waals surface area contributed by atoms with Gasteiger partial charge in [0.25, 0.3) is 5.56 Å². The molecule has 0 fully saturated rings. The smallest absolute Gasteiger partial charge is 0.306 e. The molecular weight excluding hydrogens is 539 g/mol. The molecule has 0 unspecified atom stereocenters. The summed E-state index contributed by atoms with van der Waals surface area (Å²) in [5, 5.41) is 3.77. The number of alkyl halides is 3. The van der Waals surface area contributed by atoms with E-state index in [2.05, 4.69) is 15.1 Å². The molecule has 0 spiro atoms. The second-order valence-electron chi connectivity index (χ2n) is 8.17. The number of aromatic nitrogens is 4. The molecule has 1 N–H and O–H groups in total. The molecule has 0 saturated heterocycles. The Morgan fingerprint density at radius 2 is 1.84 bits per heavy atom. The van der Waals surface area contributed by atoms with E-state index in [0.717, 1.165) is 26.1 Å². The van der Waals surface area contributed by atoms with E-state index >= 15 is 0 Å². The lowest BCUT2D eigenvalue weighted by molar-refractivity contribution is -0.140. The van der Waals surface area contributed by atoms with Crippen LogP contribution in [0.25, 0.3) is 38.0 Å². The summed E-state index contributed by atoms with van der Waals surface area (Å²) in [6.45, 7) is 0. The van der Waals surface area contributed by atoms with Crippen LogP contribution < -0.4 is 11.2 Å². The number of nitrogens with one attached hydrogen (secondary N) is 1. The van der Waals surface area contributed by atoms with Gasteiger partial charge in [-0.25, -0.2) is 9.36 Å². The van der Waals surface area contributed by atoms with Crippen molar-refractivity contribution in [3.63, 3.8) is 0 Å². The van der Waals surface area contributed by atoms with Crippen LogP contribution >= 0.6 is 22.9 Å². The predicted octanol–water partition coefficient (Wildman–Crippen LogP) is 6.04. The van der Waals surface area contributed by atoms with Gasteiger partial charge in [-0.3, -0.25) is 14.5 Å². The number of fused-ring (bicyclic) bond motifs is 1. The van der Waals surface area contributed by atoms with Crippen LogP contribution in [0.2, 0.25) is 5.02 Å². The Kier molecular flexibility index (Phi) is 6.64. The third kappa shape index (κ3) is 4.85. The minimum atomic E-state index is -4.69. The van der Waals surface area contributed by atoms with E-state index in [-0.39, 0.29) is 26.4 Å². The van der Waals surface area contributed by atoms with Crippen LogP contribution in [0.4, 0.5) is 13.2 Å². The highest BCUT2D eigenvalue weighted by Gasteiger charge is 2.38. The van der Waals surface area contributed by atoms with Crippen LogP contribution in [0.5, 0.6) is 0 Å². The number of rotatable bonds is 5. The first-order valence-electron chi connectivity index (χ1n) is 11.1. The molecule has 12 heteroatoms. The van der Waals surface area contributed by atoms with Gasteiger partial charge >= 0.3 is 11.9 Å². The van der Waals surface area contributed by atoms with Crippen LogP contribution in [-0.4, -0.2) is 25.5 Å². The molecule has 7 nitrogen and oxygen atoms in total. The molecule has 0 saturated carbocycles. The van der Waals surface area contributed by atoms with E-state index in [1.807, 2.05) is 30.3 Å². The van der Waals surface area contributed by atoms with Crippen molar-refractivity contribution >= 4 is 45.6 Å². The van der Waals surface area contributed by atoms with Gasteiger partial charge in [0.15, 0.2) is 5.69 Å².